The van der Waals surface area contributed by atoms with Crippen LogP contribution in [0.25, 0.3) is 0 Å². The Morgan fingerprint density at radius 2 is 1.95 bits per heavy atom. The molecule has 4 nitrogen and oxygen atoms in total. The summed E-state index contributed by atoms with van der Waals surface area (Å²) in [6.45, 7) is 5.76. The van der Waals surface area contributed by atoms with Crippen molar-refractivity contribution in [1.29, 1.82) is 0 Å². The summed E-state index contributed by atoms with van der Waals surface area (Å²) >= 11 is 0. The van der Waals surface area contributed by atoms with Crippen LogP contribution in [0.2, 0.25) is 0 Å². The van der Waals surface area contributed by atoms with E-state index in [1.807, 2.05) is 6.07 Å². The largest absolute Gasteiger partial charge is 0.478 e. The number of unbranched alkanes of at least 4 members (excludes halogenated alkanes) is 1. The number of hydrogen-bond acceptors (Lipinski definition) is 3. The van der Waals surface area contributed by atoms with Crippen LogP contribution in [0.1, 0.15) is 58.5 Å². The third-order valence-electron chi connectivity index (χ3n) is 3.09. The molecule has 0 radical (unpaired) electrons. The average molecular weight is 264 g/mol. The lowest BCUT2D eigenvalue weighted by molar-refractivity contribution is 0.0514. The molecule has 0 unspecified atom stereocenters. The normalized spacial score (nSPS) is 10.3. The molecular weight excluding hydrogens is 244 g/mol. The van der Waals surface area contributed by atoms with Gasteiger partial charge in [-0.05, 0) is 43.9 Å². The highest BCUT2D eigenvalue weighted by molar-refractivity contribution is 6.03. The molecule has 104 valence electrons. The van der Waals surface area contributed by atoms with Crippen LogP contribution in [0.3, 0.4) is 0 Å². The third kappa shape index (κ3) is 3.56. The highest BCUT2D eigenvalue weighted by atomic mass is 16.5. The molecule has 0 heterocycles. The first-order chi connectivity index (χ1) is 9.02. The van der Waals surface area contributed by atoms with Gasteiger partial charge in [-0.1, -0.05) is 19.4 Å². The minimum Gasteiger partial charge on any atom is -0.478 e. The van der Waals surface area contributed by atoms with Crippen LogP contribution in [0.5, 0.6) is 0 Å². The zero-order valence-corrected chi connectivity index (χ0v) is 11.7. The first kappa shape index (κ1) is 15.2. The van der Waals surface area contributed by atoms with Gasteiger partial charge in [-0.2, -0.15) is 0 Å². The highest BCUT2D eigenvalue weighted by Crippen LogP contribution is 2.21. The molecule has 1 aromatic carbocycles. The van der Waals surface area contributed by atoms with E-state index in [4.69, 9.17) is 4.74 Å². The van der Waals surface area contributed by atoms with Gasteiger partial charge in [0.05, 0.1) is 17.7 Å². The van der Waals surface area contributed by atoms with Crippen LogP contribution in [-0.4, -0.2) is 23.7 Å². The molecule has 0 fully saturated rings. The fraction of sp³-hybridized carbons (Fsp3) is 0.467. The van der Waals surface area contributed by atoms with Crippen molar-refractivity contribution in [3.8, 4) is 0 Å². The van der Waals surface area contributed by atoms with E-state index in [1.165, 1.54) is 0 Å². The molecule has 0 spiro atoms. The number of carboxylic acids is 1. The molecule has 0 aliphatic rings. The molecule has 1 rings (SSSR count). The molecule has 1 N–H and O–H groups in total. The topological polar surface area (TPSA) is 63.6 Å². The lowest BCUT2D eigenvalue weighted by Crippen LogP contribution is -2.14. The van der Waals surface area contributed by atoms with Gasteiger partial charge >= 0.3 is 11.9 Å². The molecule has 0 bridgehead atoms. The average Bonchev–Trinajstić information content (AvgIpc) is 2.36. The van der Waals surface area contributed by atoms with Crippen molar-refractivity contribution < 1.29 is 19.4 Å². The Labute approximate surface area is 113 Å². The van der Waals surface area contributed by atoms with E-state index < -0.39 is 11.9 Å². The lowest BCUT2D eigenvalue weighted by atomic mass is 9.94. The quantitative estimate of drug-likeness (QED) is 0.801. The molecule has 0 aromatic heterocycles. The number of ether oxygens (including phenoxy) is 1. The zero-order chi connectivity index (χ0) is 14.4. The second kappa shape index (κ2) is 6.92. The molecule has 0 aliphatic heterocycles. The molecule has 0 saturated heterocycles. The summed E-state index contributed by atoms with van der Waals surface area (Å²) in [7, 11) is 0. The molecule has 0 amide bonds. The van der Waals surface area contributed by atoms with E-state index in [-0.39, 0.29) is 17.7 Å². The second-order valence-electron chi connectivity index (χ2n) is 4.40. The maximum Gasteiger partial charge on any atom is 0.339 e. The van der Waals surface area contributed by atoms with Gasteiger partial charge < -0.3 is 9.84 Å². The summed E-state index contributed by atoms with van der Waals surface area (Å²) in [6.07, 6.45) is 2.87. The summed E-state index contributed by atoms with van der Waals surface area (Å²) < 4.78 is 4.89. The van der Waals surface area contributed by atoms with Crippen molar-refractivity contribution in [2.45, 2.75) is 40.0 Å². The molecule has 0 saturated carbocycles. The van der Waals surface area contributed by atoms with Crippen LogP contribution in [0.4, 0.5) is 0 Å². The number of aromatic carboxylic acids is 1. The van der Waals surface area contributed by atoms with Gasteiger partial charge in [-0.25, -0.2) is 9.59 Å². The summed E-state index contributed by atoms with van der Waals surface area (Å²) in [5.74, 6) is -1.66. The minimum absolute atomic E-state index is 0.0621. The monoisotopic (exact) mass is 264 g/mol. The predicted octanol–water partition coefficient (Wildman–Crippen LogP) is 3.21. The second-order valence-corrected chi connectivity index (χ2v) is 4.40. The van der Waals surface area contributed by atoms with E-state index >= 15 is 0 Å². The van der Waals surface area contributed by atoms with Gasteiger partial charge in [0, 0.05) is 0 Å². The minimum atomic E-state index is -1.08. The fourth-order valence-electron chi connectivity index (χ4n) is 2.05. The number of carboxylic acid groups (broad SMARTS) is 1. The van der Waals surface area contributed by atoms with E-state index in [2.05, 4.69) is 6.92 Å². The van der Waals surface area contributed by atoms with Crippen molar-refractivity contribution in [3.05, 3.63) is 34.4 Å². The van der Waals surface area contributed by atoms with Gasteiger partial charge in [-0.3, -0.25) is 0 Å². The van der Waals surface area contributed by atoms with E-state index in [9.17, 15) is 14.7 Å². The molecule has 19 heavy (non-hydrogen) atoms. The smallest absolute Gasteiger partial charge is 0.339 e. The Hall–Kier alpha value is -1.84. The Morgan fingerprint density at radius 3 is 2.47 bits per heavy atom. The number of benzene rings is 1. The third-order valence-corrected chi connectivity index (χ3v) is 3.09. The van der Waals surface area contributed by atoms with Crippen molar-refractivity contribution in [2.75, 3.05) is 6.61 Å². The number of aryl methyl sites for hydroxylation is 1. The molecular formula is C15H20O4. The molecule has 4 heteroatoms. The molecule has 0 aliphatic carbocycles. The first-order valence-corrected chi connectivity index (χ1v) is 6.55. The maximum atomic E-state index is 11.8. The van der Waals surface area contributed by atoms with Crippen LogP contribution in [0.15, 0.2) is 12.1 Å². The number of carbonyl (C=O) groups is 2. The Kier molecular flexibility index (Phi) is 5.55. The van der Waals surface area contributed by atoms with Gasteiger partial charge in [-0.15, -0.1) is 0 Å². The van der Waals surface area contributed by atoms with Crippen LogP contribution >= 0.6 is 0 Å². The number of carbonyl (C=O) groups excluding carboxylic acids is 1. The summed E-state index contributed by atoms with van der Waals surface area (Å²) in [4.78, 5) is 23.1. The Morgan fingerprint density at radius 1 is 1.26 bits per heavy atom. The summed E-state index contributed by atoms with van der Waals surface area (Å²) in [5.41, 5.74) is 1.83. The van der Waals surface area contributed by atoms with E-state index in [0.717, 1.165) is 24.8 Å². The Balaban J connectivity index is 3.23. The van der Waals surface area contributed by atoms with Crippen molar-refractivity contribution in [2.24, 2.45) is 0 Å². The van der Waals surface area contributed by atoms with Gasteiger partial charge in [0.2, 0.25) is 0 Å². The van der Waals surface area contributed by atoms with Crippen LogP contribution < -0.4 is 0 Å². The van der Waals surface area contributed by atoms with Crippen molar-refractivity contribution in [3.63, 3.8) is 0 Å². The first-order valence-electron chi connectivity index (χ1n) is 6.55. The molecule has 1 aromatic rings. The highest BCUT2D eigenvalue weighted by Gasteiger charge is 2.21. The van der Waals surface area contributed by atoms with Gasteiger partial charge in [0.15, 0.2) is 0 Å². The lowest BCUT2D eigenvalue weighted by Gasteiger charge is -2.12. The Bertz CT molecular complexity index is 477. The maximum absolute atomic E-state index is 11.8. The van der Waals surface area contributed by atoms with E-state index in [1.54, 1.807) is 19.9 Å². The SMILES string of the molecule is CCCCc1ccc(C(=O)OCC)c(C(=O)O)c1C. The van der Waals surface area contributed by atoms with Gasteiger partial charge in [0.1, 0.15) is 0 Å². The predicted molar refractivity (Wildman–Crippen MR) is 72.7 cm³/mol. The number of hydrogen-bond donors (Lipinski definition) is 1. The van der Waals surface area contributed by atoms with Crippen molar-refractivity contribution in [1.82, 2.24) is 0 Å². The van der Waals surface area contributed by atoms with Crippen molar-refractivity contribution >= 4 is 11.9 Å². The fourth-order valence-corrected chi connectivity index (χ4v) is 2.05. The standard InChI is InChI=1S/C15H20O4/c1-4-6-7-11-8-9-12(15(18)19-5-2)13(10(11)3)14(16)17/h8-9H,4-7H2,1-3H3,(H,16,17). The number of esters is 1. The zero-order valence-electron chi connectivity index (χ0n) is 11.7. The molecule has 0 atom stereocenters. The summed E-state index contributed by atoms with van der Waals surface area (Å²) in [6, 6.07) is 3.38. The van der Waals surface area contributed by atoms with Crippen LogP contribution in [-0.2, 0) is 11.2 Å². The van der Waals surface area contributed by atoms with E-state index in [0.29, 0.717) is 5.56 Å². The number of rotatable bonds is 6. The van der Waals surface area contributed by atoms with Gasteiger partial charge in [0.25, 0.3) is 0 Å². The summed E-state index contributed by atoms with van der Waals surface area (Å²) in [5, 5.41) is 9.31. The van der Waals surface area contributed by atoms with Crippen LogP contribution in [0, 0.1) is 6.92 Å².